The van der Waals surface area contributed by atoms with E-state index in [1.165, 1.54) is 82.6 Å². The van der Waals surface area contributed by atoms with E-state index in [1.807, 2.05) is 0 Å². The van der Waals surface area contributed by atoms with E-state index in [-0.39, 0.29) is 0 Å². The Kier molecular flexibility index (Phi) is 7.81. The first-order valence-electron chi connectivity index (χ1n) is 10.8. The van der Waals surface area contributed by atoms with Crippen LogP contribution in [0.3, 0.4) is 0 Å². The molecule has 2 aliphatic rings. The molecular formula is C23H37NO. The lowest BCUT2D eigenvalue weighted by Gasteiger charge is -2.32. The Bertz CT molecular complexity index is 462. The maximum absolute atomic E-state index is 6.66. The molecule has 2 heterocycles. The van der Waals surface area contributed by atoms with Gasteiger partial charge in [-0.15, -0.1) is 0 Å². The van der Waals surface area contributed by atoms with Gasteiger partial charge in [0.05, 0.1) is 12.2 Å². The molecule has 2 aliphatic heterocycles. The number of nitrogens with one attached hydrogen (secondary N) is 1. The number of hydrogen-bond acceptors (Lipinski definition) is 2. The second-order valence-electron chi connectivity index (χ2n) is 8.18. The Morgan fingerprint density at radius 2 is 1.56 bits per heavy atom. The van der Waals surface area contributed by atoms with Crippen LogP contribution in [0.4, 0.5) is 0 Å². The van der Waals surface area contributed by atoms with Crippen LogP contribution in [0.1, 0.15) is 95.6 Å². The zero-order valence-corrected chi connectivity index (χ0v) is 16.1. The Hall–Kier alpha value is -0.860. The fourth-order valence-corrected chi connectivity index (χ4v) is 4.62. The summed E-state index contributed by atoms with van der Waals surface area (Å²) in [5.74, 6) is 0. The van der Waals surface area contributed by atoms with Crippen molar-refractivity contribution in [2.24, 2.45) is 0 Å². The highest BCUT2D eigenvalue weighted by molar-refractivity contribution is 5.17. The number of piperidine rings is 1. The molecule has 2 unspecified atom stereocenters. The lowest BCUT2D eigenvalue weighted by atomic mass is 9.99. The van der Waals surface area contributed by atoms with Crippen LogP contribution in [0.2, 0.25) is 0 Å². The van der Waals surface area contributed by atoms with Crippen LogP contribution in [0.25, 0.3) is 0 Å². The summed E-state index contributed by atoms with van der Waals surface area (Å²) in [5.41, 5.74) is 1.37. The van der Waals surface area contributed by atoms with Gasteiger partial charge in [0, 0.05) is 12.1 Å². The van der Waals surface area contributed by atoms with E-state index in [4.69, 9.17) is 4.74 Å². The first-order valence-corrected chi connectivity index (χ1v) is 10.8. The maximum atomic E-state index is 6.66. The van der Waals surface area contributed by atoms with Crippen molar-refractivity contribution in [2.75, 3.05) is 0 Å². The third-order valence-corrected chi connectivity index (χ3v) is 6.03. The topological polar surface area (TPSA) is 21.3 Å². The minimum Gasteiger partial charge on any atom is -0.370 e. The SMILES string of the molecule is CCCCCCCCCC(OC1C[C@H]2CC[C@@H](C1)N2)c1ccccc1. The molecule has 3 rings (SSSR count). The van der Waals surface area contributed by atoms with Crippen molar-refractivity contribution >= 4 is 0 Å². The Morgan fingerprint density at radius 3 is 2.24 bits per heavy atom. The molecule has 2 heteroatoms. The summed E-state index contributed by atoms with van der Waals surface area (Å²) >= 11 is 0. The second kappa shape index (κ2) is 10.3. The molecule has 0 amide bonds. The maximum Gasteiger partial charge on any atom is 0.0828 e. The Labute approximate surface area is 154 Å². The van der Waals surface area contributed by atoms with Gasteiger partial charge in [-0.2, -0.15) is 0 Å². The molecule has 1 N–H and O–H groups in total. The number of benzene rings is 1. The predicted octanol–water partition coefficient (Wildman–Crippen LogP) is 6.17. The lowest BCUT2D eigenvalue weighted by molar-refractivity contribution is -0.0415. The van der Waals surface area contributed by atoms with Crippen LogP contribution in [0.5, 0.6) is 0 Å². The molecule has 25 heavy (non-hydrogen) atoms. The quantitative estimate of drug-likeness (QED) is 0.485. The Morgan fingerprint density at radius 1 is 0.920 bits per heavy atom. The summed E-state index contributed by atoms with van der Waals surface area (Å²) in [6.45, 7) is 2.29. The molecule has 1 aromatic rings. The molecule has 2 saturated heterocycles. The molecule has 0 radical (unpaired) electrons. The second-order valence-corrected chi connectivity index (χ2v) is 8.18. The highest BCUT2D eigenvalue weighted by Crippen LogP contribution is 2.33. The summed E-state index contributed by atoms with van der Waals surface area (Å²) in [7, 11) is 0. The first kappa shape index (κ1) is 18.9. The molecule has 2 fully saturated rings. The fourth-order valence-electron chi connectivity index (χ4n) is 4.62. The normalized spacial score (nSPS) is 26.7. The van der Waals surface area contributed by atoms with Crippen LogP contribution in [-0.2, 0) is 4.74 Å². The van der Waals surface area contributed by atoms with Crippen LogP contribution in [-0.4, -0.2) is 18.2 Å². The van der Waals surface area contributed by atoms with Gasteiger partial charge in [0.2, 0.25) is 0 Å². The van der Waals surface area contributed by atoms with Crippen molar-refractivity contribution < 1.29 is 4.74 Å². The van der Waals surface area contributed by atoms with E-state index in [1.54, 1.807) is 0 Å². The zero-order chi connectivity index (χ0) is 17.3. The van der Waals surface area contributed by atoms with E-state index < -0.39 is 0 Å². The van der Waals surface area contributed by atoms with E-state index in [9.17, 15) is 0 Å². The minimum atomic E-state index is 0.291. The van der Waals surface area contributed by atoms with Gasteiger partial charge < -0.3 is 10.1 Å². The van der Waals surface area contributed by atoms with Gasteiger partial charge in [0.25, 0.3) is 0 Å². The molecule has 4 atom stereocenters. The molecule has 140 valence electrons. The fraction of sp³-hybridized carbons (Fsp3) is 0.739. The monoisotopic (exact) mass is 343 g/mol. The van der Waals surface area contributed by atoms with Crippen molar-refractivity contribution in [3.05, 3.63) is 35.9 Å². The van der Waals surface area contributed by atoms with Gasteiger partial charge in [-0.05, 0) is 37.7 Å². The van der Waals surface area contributed by atoms with Crippen LogP contribution in [0.15, 0.2) is 30.3 Å². The number of hydrogen-bond donors (Lipinski definition) is 1. The van der Waals surface area contributed by atoms with Gasteiger partial charge in [-0.25, -0.2) is 0 Å². The summed E-state index contributed by atoms with van der Waals surface area (Å²) in [6.07, 6.45) is 16.6. The van der Waals surface area contributed by atoms with Crippen molar-refractivity contribution in [1.82, 2.24) is 5.32 Å². The van der Waals surface area contributed by atoms with Crippen LogP contribution in [0, 0.1) is 0 Å². The molecule has 1 aromatic carbocycles. The summed E-state index contributed by atoms with van der Waals surface area (Å²) in [6, 6.07) is 12.3. The summed E-state index contributed by atoms with van der Waals surface area (Å²) < 4.78 is 6.66. The van der Waals surface area contributed by atoms with E-state index in [0.29, 0.717) is 24.3 Å². The molecule has 0 spiro atoms. The predicted molar refractivity (Wildman–Crippen MR) is 106 cm³/mol. The van der Waals surface area contributed by atoms with Gasteiger partial charge in [-0.1, -0.05) is 82.2 Å². The molecule has 2 bridgehead atoms. The van der Waals surface area contributed by atoms with E-state index in [2.05, 4.69) is 42.6 Å². The average Bonchev–Trinajstić information content (AvgIpc) is 2.99. The van der Waals surface area contributed by atoms with Gasteiger partial charge in [0.1, 0.15) is 0 Å². The third-order valence-electron chi connectivity index (χ3n) is 6.03. The average molecular weight is 344 g/mol. The number of rotatable bonds is 11. The third kappa shape index (κ3) is 6.11. The Balaban J connectivity index is 1.46. The van der Waals surface area contributed by atoms with Crippen LogP contribution >= 0.6 is 0 Å². The summed E-state index contributed by atoms with van der Waals surface area (Å²) in [5, 5.41) is 3.73. The minimum absolute atomic E-state index is 0.291. The van der Waals surface area contributed by atoms with E-state index in [0.717, 1.165) is 0 Å². The van der Waals surface area contributed by atoms with Gasteiger partial charge in [0.15, 0.2) is 0 Å². The first-order chi connectivity index (χ1) is 12.3. The molecule has 0 aliphatic carbocycles. The summed E-state index contributed by atoms with van der Waals surface area (Å²) in [4.78, 5) is 0. The highest BCUT2D eigenvalue weighted by atomic mass is 16.5. The van der Waals surface area contributed by atoms with Gasteiger partial charge in [-0.3, -0.25) is 0 Å². The molecular weight excluding hydrogens is 306 g/mol. The number of unbranched alkanes of at least 4 members (excludes halogenated alkanes) is 6. The number of ether oxygens (including phenoxy) is 1. The van der Waals surface area contributed by atoms with Crippen LogP contribution < -0.4 is 5.32 Å². The largest absolute Gasteiger partial charge is 0.370 e. The van der Waals surface area contributed by atoms with E-state index >= 15 is 0 Å². The standard InChI is InChI=1S/C23H37NO/c1-2-3-4-5-6-7-11-14-23(19-12-9-8-10-13-19)25-22-17-20-15-16-21(18-22)24-20/h8-10,12-13,20-24H,2-7,11,14-18H2,1H3/t20-,21+,22?,23?. The molecule has 0 aromatic heterocycles. The molecule has 0 saturated carbocycles. The molecule has 2 nitrogen and oxygen atoms in total. The van der Waals surface area contributed by atoms with Crippen molar-refractivity contribution in [2.45, 2.75) is 108 Å². The van der Waals surface area contributed by atoms with Crippen molar-refractivity contribution in [3.63, 3.8) is 0 Å². The van der Waals surface area contributed by atoms with Gasteiger partial charge >= 0.3 is 0 Å². The number of fused-ring (bicyclic) bond motifs is 2. The van der Waals surface area contributed by atoms with Crippen molar-refractivity contribution in [1.29, 1.82) is 0 Å². The smallest absolute Gasteiger partial charge is 0.0828 e. The van der Waals surface area contributed by atoms with Crippen molar-refractivity contribution in [3.8, 4) is 0 Å². The highest BCUT2D eigenvalue weighted by Gasteiger charge is 2.35. The lowest BCUT2D eigenvalue weighted by Crippen LogP contribution is -2.41. The zero-order valence-electron chi connectivity index (χ0n) is 16.1.